The Hall–Kier alpha value is -1.98. The first-order valence-corrected chi connectivity index (χ1v) is 9.60. The lowest BCUT2D eigenvalue weighted by Gasteiger charge is -2.11. The van der Waals surface area contributed by atoms with Crippen LogP contribution in [-0.4, -0.2) is 17.8 Å². The molecule has 0 spiro atoms. The maximum absolute atomic E-state index is 8.29. The van der Waals surface area contributed by atoms with Crippen LogP contribution in [0.3, 0.4) is 0 Å². The minimum Gasteiger partial charge on any atom is -0.496 e. The molecule has 3 aromatic rings. The molecule has 0 radical (unpaired) electrons. The smallest absolute Gasteiger partial charge is 0.122 e. The molecule has 0 saturated carbocycles. The van der Waals surface area contributed by atoms with Crippen LogP contribution < -0.4 is 4.74 Å². The normalized spacial score (nSPS) is 10.8. The molecule has 0 unspecified atom stereocenters. The highest BCUT2D eigenvalue weighted by atomic mass is 32.1. The van der Waals surface area contributed by atoms with Gasteiger partial charge >= 0.3 is 0 Å². The third-order valence-corrected chi connectivity index (χ3v) is 5.70. The maximum Gasteiger partial charge on any atom is 0.122 e. The number of thiazole rings is 1. The van der Waals surface area contributed by atoms with Crippen molar-refractivity contribution in [3.05, 3.63) is 57.2 Å². The first kappa shape index (κ1) is 16.9. The molecule has 3 nitrogen and oxygen atoms in total. The van der Waals surface area contributed by atoms with Gasteiger partial charge in [-0.15, -0.1) is 22.7 Å². The molecule has 1 aromatic carbocycles. The van der Waals surface area contributed by atoms with Gasteiger partial charge in [0.25, 0.3) is 0 Å². The molecule has 24 heavy (non-hydrogen) atoms. The minimum atomic E-state index is 0.629. The molecular weight excluding hydrogens is 336 g/mol. The summed E-state index contributed by atoms with van der Waals surface area (Å²) in [5.41, 5.74) is 4.16. The van der Waals surface area contributed by atoms with E-state index in [4.69, 9.17) is 10.1 Å². The van der Waals surface area contributed by atoms with Crippen LogP contribution in [0.2, 0.25) is 0 Å². The molecule has 0 saturated heterocycles. The van der Waals surface area contributed by atoms with Crippen LogP contribution in [0.25, 0.3) is 10.6 Å². The summed E-state index contributed by atoms with van der Waals surface area (Å²) in [5.74, 6) is 0.914. The second-order valence-electron chi connectivity index (χ2n) is 5.64. The van der Waals surface area contributed by atoms with E-state index < -0.39 is 0 Å². The van der Waals surface area contributed by atoms with Crippen LogP contribution in [0, 0.1) is 12.3 Å². The topological polar surface area (TPSA) is 46.0 Å². The lowest BCUT2D eigenvalue weighted by molar-refractivity contribution is 0.409. The fraction of sp³-hybridized carbons (Fsp3) is 0.263. The Bertz CT molecular complexity index is 822. The largest absolute Gasteiger partial charge is 0.496 e. The summed E-state index contributed by atoms with van der Waals surface area (Å²) in [7, 11) is 1.70. The average Bonchev–Trinajstić information content (AvgIpc) is 3.24. The van der Waals surface area contributed by atoms with Crippen molar-refractivity contribution in [1.82, 2.24) is 4.98 Å². The number of aromatic nitrogens is 1. The van der Waals surface area contributed by atoms with Crippen LogP contribution in [-0.2, 0) is 12.8 Å². The fourth-order valence-electron chi connectivity index (χ4n) is 2.66. The number of methoxy groups -OCH3 is 1. The predicted octanol–water partition coefficient (Wildman–Crippen LogP) is 5.38. The maximum atomic E-state index is 8.29. The van der Waals surface area contributed by atoms with Gasteiger partial charge in [-0.1, -0.05) is 18.2 Å². The van der Waals surface area contributed by atoms with Gasteiger partial charge in [-0.3, -0.25) is 0 Å². The van der Waals surface area contributed by atoms with Crippen molar-refractivity contribution >= 4 is 28.4 Å². The Balaban J connectivity index is 1.61. The van der Waals surface area contributed by atoms with Gasteiger partial charge < -0.3 is 10.1 Å². The number of nitrogens with one attached hydrogen (secondary N) is 1. The van der Waals surface area contributed by atoms with Crippen molar-refractivity contribution in [3.63, 3.8) is 0 Å². The monoisotopic (exact) mass is 356 g/mol. The van der Waals surface area contributed by atoms with Gasteiger partial charge in [-0.05, 0) is 48.4 Å². The number of hydrogen-bond donors (Lipinski definition) is 1. The third kappa shape index (κ3) is 3.91. The molecule has 0 aliphatic heterocycles. The molecule has 2 aromatic heterocycles. The van der Waals surface area contributed by atoms with Crippen molar-refractivity contribution in [2.45, 2.75) is 26.2 Å². The summed E-state index contributed by atoms with van der Waals surface area (Å²) in [6, 6.07) is 10.2. The van der Waals surface area contributed by atoms with E-state index in [0.29, 0.717) is 12.1 Å². The van der Waals surface area contributed by atoms with Gasteiger partial charge in [0.1, 0.15) is 5.75 Å². The molecular formula is C19H20N2OS2. The van der Waals surface area contributed by atoms with Crippen molar-refractivity contribution in [1.29, 1.82) is 5.41 Å². The Morgan fingerprint density at radius 1 is 1.21 bits per heavy atom. The average molecular weight is 357 g/mol. The summed E-state index contributed by atoms with van der Waals surface area (Å²) in [6.07, 6.45) is 2.19. The van der Waals surface area contributed by atoms with Gasteiger partial charge in [0.15, 0.2) is 0 Å². The van der Waals surface area contributed by atoms with Gasteiger partial charge in [0.05, 0.1) is 22.7 Å². The molecule has 0 bridgehead atoms. The predicted molar refractivity (Wildman–Crippen MR) is 103 cm³/mol. The van der Waals surface area contributed by atoms with E-state index in [1.165, 1.54) is 16.0 Å². The van der Waals surface area contributed by atoms with Crippen LogP contribution in [0.15, 0.2) is 41.1 Å². The fourth-order valence-corrected chi connectivity index (χ4v) is 4.26. The summed E-state index contributed by atoms with van der Waals surface area (Å²) < 4.78 is 5.44. The van der Waals surface area contributed by atoms with E-state index in [9.17, 15) is 0 Å². The lowest BCUT2D eigenvalue weighted by Crippen LogP contribution is -2.05. The van der Waals surface area contributed by atoms with Crippen LogP contribution in [0.5, 0.6) is 5.75 Å². The second kappa shape index (κ2) is 7.73. The minimum absolute atomic E-state index is 0.629. The number of thiophene rings is 1. The summed E-state index contributed by atoms with van der Waals surface area (Å²) >= 11 is 3.34. The van der Waals surface area contributed by atoms with Crippen molar-refractivity contribution in [2.24, 2.45) is 0 Å². The Labute approximate surface area is 150 Å². The number of ether oxygens (including phenoxy) is 1. The quantitative estimate of drug-likeness (QED) is 0.577. The zero-order valence-corrected chi connectivity index (χ0v) is 15.5. The zero-order chi connectivity index (χ0) is 16.9. The van der Waals surface area contributed by atoms with Gasteiger partial charge in [-0.25, -0.2) is 4.98 Å². The van der Waals surface area contributed by atoms with E-state index in [-0.39, 0.29) is 0 Å². The first-order valence-electron chi connectivity index (χ1n) is 7.84. The molecule has 0 aliphatic carbocycles. The van der Waals surface area contributed by atoms with E-state index in [2.05, 4.69) is 34.8 Å². The molecule has 0 aliphatic rings. The Morgan fingerprint density at radius 3 is 2.83 bits per heavy atom. The third-order valence-electron chi connectivity index (χ3n) is 3.95. The van der Waals surface area contributed by atoms with Crippen molar-refractivity contribution in [2.75, 3.05) is 7.11 Å². The Kier molecular flexibility index (Phi) is 5.43. The standard InChI is InChI=1S/C19H20N2OS2/c1-13-5-3-6-17(22-2)15(13)9-8-14(20)11-19-21-16(12-24-19)18-7-4-10-23-18/h3-7,10,12,20H,8-9,11H2,1-2H3. The number of hydrogen-bond acceptors (Lipinski definition) is 5. The molecule has 0 fully saturated rings. The summed E-state index contributed by atoms with van der Waals surface area (Å²) in [5, 5.41) is 13.4. The highest BCUT2D eigenvalue weighted by molar-refractivity contribution is 7.14. The SMILES string of the molecule is COc1cccc(C)c1CCC(=N)Cc1nc(-c2cccs2)cs1. The number of rotatable bonds is 7. The van der Waals surface area contributed by atoms with E-state index in [0.717, 1.165) is 29.3 Å². The summed E-state index contributed by atoms with van der Waals surface area (Å²) in [4.78, 5) is 5.85. The van der Waals surface area contributed by atoms with Gasteiger partial charge in [0, 0.05) is 17.5 Å². The van der Waals surface area contributed by atoms with E-state index in [1.54, 1.807) is 29.8 Å². The molecule has 5 heteroatoms. The number of benzene rings is 1. The highest BCUT2D eigenvalue weighted by Gasteiger charge is 2.10. The van der Waals surface area contributed by atoms with E-state index in [1.807, 2.05) is 18.2 Å². The van der Waals surface area contributed by atoms with Crippen LogP contribution in [0.1, 0.15) is 22.6 Å². The van der Waals surface area contributed by atoms with Crippen LogP contribution in [0.4, 0.5) is 0 Å². The highest BCUT2D eigenvalue weighted by Crippen LogP contribution is 2.27. The van der Waals surface area contributed by atoms with Gasteiger partial charge in [-0.2, -0.15) is 0 Å². The zero-order valence-electron chi connectivity index (χ0n) is 13.8. The number of aryl methyl sites for hydroxylation is 1. The Morgan fingerprint density at radius 2 is 2.08 bits per heavy atom. The first-order chi connectivity index (χ1) is 11.7. The van der Waals surface area contributed by atoms with Crippen molar-refractivity contribution in [3.8, 4) is 16.3 Å². The lowest BCUT2D eigenvalue weighted by atomic mass is 10.0. The molecule has 2 heterocycles. The molecule has 1 N–H and O–H groups in total. The molecule has 3 rings (SSSR count). The molecule has 0 atom stereocenters. The van der Waals surface area contributed by atoms with Gasteiger partial charge in [0.2, 0.25) is 0 Å². The molecule has 0 amide bonds. The second-order valence-corrected chi connectivity index (χ2v) is 7.53. The number of nitrogens with zero attached hydrogens (tertiary/aromatic N) is 1. The molecule has 124 valence electrons. The van der Waals surface area contributed by atoms with Crippen molar-refractivity contribution < 1.29 is 4.74 Å². The van der Waals surface area contributed by atoms with E-state index >= 15 is 0 Å². The summed E-state index contributed by atoms with van der Waals surface area (Å²) in [6.45, 7) is 2.09. The van der Waals surface area contributed by atoms with Crippen LogP contribution >= 0.6 is 22.7 Å².